The van der Waals surface area contributed by atoms with Crippen molar-refractivity contribution in [3.63, 3.8) is 0 Å². The number of nitrogens with one attached hydrogen (secondary N) is 1. The molecule has 0 spiro atoms. The zero-order valence-corrected chi connectivity index (χ0v) is 13.8. The lowest BCUT2D eigenvalue weighted by Crippen LogP contribution is -1.97. The topological polar surface area (TPSA) is 115 Å². The first-order valence-electron chi connectivity index (χ1n) is 8.01. The molecule has 1 aromatic heterocycles. The average Bonchev–Trinajstić information content (AvgIpc) is 3.11. The molecule has 0 aliphatic rings. The number of rotatable bonds is 4. The molecular formula is C19H12N4O4. The summed E-state index contributed by atoms with van der Waals surface area (Å²) in [6.07, 6.45) is 0. The summed E-state index contributed by atoms with van der Waals surface area (Å²) in [5.74, 6) is 0.410. The fourth-order valence-corrected chi connectivity index (χ4v) is 2.93. The summed E-state index contributed by atoms with van der Waals surface area (Å²) in [4.78, 5) is 28.2. The van der Waals surface area contributed by atoms with Crippen LogP contribution in [-0.2, 0) is 0 Å². The SMILES string of the molecule is O=[N+]([O-])c1ccc(-c2nc3ccc(-c4ccccc4)cc3[nH]2)cc1[N+](=O)[O-]. The van der Waals surface area contributed by atoms with E-state index in [1.54, 1.807) is 0 Å². The van der Waals surface area contributed by atoms with Gasteiger partial charge in [0.25, 0.3) is 0 Å². The van der Waals surface area contributed by atoms with Crippen LogP contribution in [0, 0.1) is 20.2 Å². The second-order valence-electron chi connectivity index (χ2n) is 5.90. The van der Waals surface area contributed by atoms with E-state index >= 15 is 0 Å². The van der Waals surface area contributed by atoms with Gasteiger partial charge in [-0.3, -0.25) is 20.2 Å². The Balaban J connectivity index is 1.80. The maximum absolute atomic E-state index is 11.2. The van der Waals surface area contributed by atoms with E-state index in [-0.39, 0.29) is 0 Å². The molecule has 27 heavy (non-hydrogen) atoms. The first-order chi connectivity index (χ1) is 13.0. The molecule has 0 bridgehead atoms. The van der Waals surface area contributed by atoms with Crippen LogP contribution in [0.3, 0.4) is 0 Å². The van der Waals surface area contributed by atoms with E-state index in [9.17, 15) is 20.2 Å². The number of nitro groups is 2. The van der Waals surface area contributed by atoms with Crippen molar-refractivity contribution in [3.05, 3.63) is 87.0 Å². The number of H-pyrrole nitrogens is 1. The molecular weight excluding hydrogens is 348 g/mol. The highest BCUT2D eigenvalue weighted by Crippen LogP contribution is 2.32. The van der Waals surface area contributed by atoms with E-state index < -0.39 is 21.2 Å². The van der Waals surface area contributed by atoms with Crippen molar-refractivity contribution in [2.45, 2.75) is 0 Å². The number of aromatic nitrogens is 2. The second kappa shape index (κ2) is 6.34. The molecule has 0 radical (unpaired) electrons. The molecule has 0 fully saturated rings. The Labute approximate surface area is 152 Å². The van der Waals surface area contributed by atoms with Crippen molar-refractivity contribution in [2.24, 2.45) is 0 Å². The van der Waals surface area contributed by atoms with Crippen molar-refractivity contribution in [3.8, 4) is 22.5 Å². The molecule has 4 aromatic rings. The van der Waals surface area contributed by atoms with E-state index in [2.05, 4.69) is 9.97 Å². The molecule has 8 nitrogen and oxygen atoms in total. The minimum absolute atomic E-state index is 0.407. The predicted octanol–water partition coefficient (Wildman–Crippen LogP) is 4.71. The van der Waals surface area contributed by atoms with Gasteiger partial charge in [-0.1, -0.05) is 36.4 Å². The van der Waals surface area contributed by atoms with Gasteiger partial charge in [0.2, 0.25) is 0 Å². The van der Waals surface area contributed by atoms with Gasteiger partial charge in [0.1, 0.15) is 5.82 Å². The molecule has 0 saturated heterocycles. The number of fused-ring (bicyclic) bond motifs is 1. The quantitative estimate of drug-likeness (QED) is 0.418. The summed E-state index contributed by atoms with van der Waals surface area (Å²) in [5.41, 5.74) is 2.83. The predicted molar refractivity (Wildman–Crippen MR) is 100 cm³/mol. The summed E-state index contributed by atoms with van der Waals surface area (Å²) < 4.78 is 0. The van der Waals surface area contributed by atoms with Crippen LogP contribution in [0.25, 0.3) is 33.5 Å². The maximum Gasteiger partial charge on any atom is 0.346 e. The van der Waals surface area contributed by atoms with Gasteiger partial charge in [0.15, 0.2) is 0 Å². The number of hydrogen-bond acceptors (Lipinski definition) is 5. The van der Waals surface area contributed by atoms with Crippen LogP contribution in [0.4, 0.5) is 11.4 Å². The normalized spacial score (nSPS) is 10.8. The van der Waals surface area contributed by atoms with Gasteiger partial charge in [0.05, 0.1) is 20.9 Å². The second-order valence-corrected chi connectivity index (χ2v) is 5.90. The van der Waals surface area contributed by atoms with Crippen LogP contribution in [-0.4, -0.2) is 19.8 Å². The van der Waals surface area contributed by atoms with Gasteiger partial charge in [-0.25, -0.2) is 4.98 Å². The number of hydrogen-bond donors (Lipinski definition) is 1. The number of benzene rings is 3. The lowest BCUT2D eigenvalue weighted by molar-refractivity contribution is -0.422. The molecule has 8 heteroatoms. The molecule has 0 unspecified atom stereocenters. The highest BCUT2D eigenvalue weighted by molar-refractivity contribution is 5.85. The molecule has 3 aromatic carbocycles. The third-order valence-electron chi connectivity index (χ3n) is 4.23. The first-order valence-corrected chi connectivity index (χ1v) is 8.01. The van der Waals surface area contributed by atoms with Gasteiger partial charge in [-0.2, -0.15) is 0 Å². The van der Waals surface area contributed by atoms with Crippen LogP contribution in [0.2, 0.25) is 0 Å². The molecule has 0 aliphatic carbocycles. The Morgan fingerprint density at radius 1 is 0.741 bits per heavy atom. The summed E-state index contributed by atoms with van der Waals surface area (Å²) in [6, 6.07) is 19.3. The first kappa shape index (κ1) is 16.4. The molecule has 0 amide bonds. The zero-order chi connectivity index (χ0) is 19.0. The number of aromatic amines is 1. The van der Waals surface area contributed by atoms with Crippen LogP contribution in [0.1, 0.15) is 0 Å². The molecule has 0 saturated carbocycles. The Bertz CT molecular complexity index is 1190. The van der Waals surface area contributed by atoms with E-state index in [1.165, 1.54) is 6.07 Å². The number of imidazole rings is 1. The van der Waals surface area contributed by atoms with E-state index in [0.29, 0.717) is 16.9 Å². The average molecular weight is 360 g/mol. The largest absolute Gasteiger partial charge is 0.346 e. The maximum atomic E-state index is 11.2. The van der Waals surface area contributed by atoms with Crippen LogP contribution >= 0.6 is 0 Å². The zero-order valence-electron chi connectivity index (χ0n) is 13.8. The monoisotopic (exact) mass is 360 g/mol. The fraction of sp³-hybridized carbons (Fsp3) is 0. The van der Waals surface area contributed by atoms with Crippen molar-refractivity contribution >= 4 is 22.4 Å². The Morgan fingerprint density at radius 2 is 1.44 bits per heavy atom. The Hall–Kier alpha value is -4.07. The standard InChI is InChI=1S/C19H12N4O4/c24-22(25)17-9-7-14(11-18(17)23(26)27)19-20-15-8-6-13(10-16(15)21-19)12-4-2-1-3-5-12/h1-11H,(H,20,21). The summed E-state index contributed by atoms with van der Waals surface area (Å²) >= 11 is 0. The highest BCUT2D eigenvalue weighted by Gasteiger charge is 2.25. The smallest absolute Gasteiger partial charge is 0.338 e. The highest BCUT2D eigenvalue weighted by atomic mass is 16.6. The number of nitro benzene ring substituents is 2. The van der Waals surface area contributed by atoms with E-state index in [1.807, 2.05) is 48.5 Å². The minimum Gasteiger partial charge on any atom is -0.338 e. The van der Waals surface area contributed by atoms with Crippen molar-refractivity contribution in [1.82, 2.24) is 9.97 Å². The molecule has 1 N–H and O–H groups in total. The van der Waals surface area contributed by atoms with Crippen molar-refractivity contribution in [2.75, 3.05) is 0 Å². The number of nitrogens with zero attached hydrogens (tertiary/aromatic N) is 3. The summed E-state index contributed by atoms with van der Waals surface area (Å²) in [7, 11) is 0. The molecule has 132 valence electrons. The third kappa shape index (κ3) is 2.99. The summed E-state index contributed by atoms with van der Waals surface area (Å²) in [6.45, 7) is 0. The molecule has 1 heterocycles. The third-order valence-corrected chi connectivity index (χ3v) is 4.23. The van der Waals surface area contributed by atoms with Crippen LogP contribution in [0.5, 0.6) is 0 Å². The van der Waals surface area contributed by atoms with Gasteiger partial charge in [-0.05, 0) is 29.3 Å². The lowest BCUT2D eigenvalue weighted by atomic mass is 10.1. The summed E-state index contributed by atoms with van der Waals surface area (Å²) in [5, 5.41) is 22.1. The molecule has 0 aliphatic heterocycles. The van der Waals surface area contributed by atoms with Crippen LogP contribution in [0.15, 0.2) is 66.7 Å². The molecule has 4 rings (SSSR count). The van der Waals surface area contributed by atoms with Crippen molar-refractivity contribution in [1.29, 1.82) is 0 Å². The van der Waals surface area contributed by atoms with Crippen molar-refractivity contribution < 1.29 is 9.85 Å². The van der Waals surface area contributed by atoms with E-state index in [4.69, 9.17) is 0 Å². The van der Waals surface area contributed by atoms with Gasteiger partial charge in [0, 0.05) is 17.7 Å². The van der Waals surface area contributed by atoms with Gasteiger partial charge in [-0.15, -0.1) is 0 Å². The van der Waals surface area contributed by atoms with Crippen LogP contribution < -0.4 is 0 Å². The van der Waals surface area contributed by atoms with E-state index in [0.717, 1.165) is 28.8 Å². The Kier molecular flexibility index (Phi) is 3.85. The van der Waals surface area contributed by atoms with Gasteiger partial charge < -0.3 is 4.98 Å². The fourth-order valence-electron chi connectivity index (χ4n) is 2.93. The Morgan fingerprint density at radius 3 is 2.15 bits per heavy atom. The van der Waals surface area contributed by atoms with Gasteiger partial charge >= 0.3 is 11.4 Å². The molecule has 0 atom stereocenters. The lowest BCUT2D eigenvalue weighted by Gasteiger charge is -2.00. The minimum atomic E-state index is -0.771.